The minimum Gasteiger partial charge on any atom is -0.369 e. The summed E-state index contributed by atoms with van der Waals surface area (Å²) in [5, 5.41) is 0. The summed E-state index contributed by atoms with van der Waals surface area (Å²) in [6.07, 6.45) is 5.67. The lowest BCUT2D eigenvalue weighted by Crippen LogP contribution is -2.35. The van der Waals surface area contributed by atoms with Crippen LogP contribution in [0.3, 0.4) is 0 Å². The van der Waals surface area contributed by atoms with E-state index in [2.05, 4.69) is 6.92 Å². The molecule has 0 aromatic heterocycles. The number of hydrogen-bond acceptors (Lipinski definition) is 2. The van der Waals surface area contributed by atoms with Gasteiger partial charge in [0.15, 0.2) is 11.6 Å². The predicted octanol–water partition coefficient (Wildman–Crippen LogP) is 3.83. The minimum atomic E-state index is -0.806. The number of halogens is 2. The Bertz CT molecular complexity index is 454. The Morgan fingerprint density at radius 3 is 2.35 bits per heavy atom. The molecular weight excluding hydrogens is 258 g/mol. The van der Waals surface area contributed by atoms with Crippen LogP contribution < -0.4 is 10.6 Å². The first-order valence-electron chi connectivity index (χ1n) is 7.48. The van der Waals surface area contributed by atoms with Crippen molar-refractivity contribution in [3.63, 3.8) is 0 Å². The maximum absolute atomic E-state index is 14.1. The van der Waals surface area contributed by atoms with Crippen LogP contribution >= 0.6 is 0 Å². The molecule has 1 aliphatic rings. The zero-order valence-corrected chi connectivity index (χ0v) is 12.3. The van der Waals surface area contributed by atoms with Crippen LogP contribution in [-0.4, -0.2) is 13.1 Å². The topological polar surface area (TPSA) is 29.3 Å². The van der Waals surface area contributed by atoms with Crippen molar-refractivity contribution in [2.75, 3.05) is 11.9 Å². The second kappa shape index (κ2) is 6.53. The fourth-order valence-electron chi connectivity index (χ4n) is 3.15. The van der Waals surface area contributed by atoms with Gasteiger partial charge in [0.1, 0.15) is 0 Å². The van der Waals surface area contributed by atoms with Crippen LogP contribution in [0.2, 0.25) is 0 Å². The van der Waals surface area contributed by atoms with Crippen molar-refractivity contribution in [3.8, 4) is 0 Å². The van der Waals surface area contributed by atoms with E-state index in [0.717, 1.165) is 18.8 Å². The van der Waals surface area contributed by atoms with Gasteiger partial charge in [-0.1, -0.05) is 19.4 Å². The van der Waals surface area contributed by atoms with Gasteiger partial charge in [-0.15, -0.1) is 0 Å². The van der Waals surface area contributed by atoms with Crippen LogP contribution in [0.25, 0.3) is 0 Å². The van der Waals surface area contributed by atoms with Crippen LogP contribution in [0.4, 0.5) is 14.5 Å². The fourth-order valence-corrected chi connectivity index (χ4v) is 3.15. The normalized spacial score (nSPS) is 22.9. The average molecular weight is 282 g/mol. The van der Waals surface area contributed by atoms with Gasteiger partial charge in [-0.05, 0) is 37.7 Å². The van der Waals surface area contributed by atoms with Gasteiger partial charge in [0.2, 0.25) is 0 Å². The molecule has 0 spiro atoms. The molecule has 0 heterocycles. The monoisotopic (exact) mass is 282 g/mol. The van der Waals surface area contributed by atoms with Gasteiger partial charge in [-0.25, -0.2) is 8.78 Å². The van der Waals surface area contributed by atoms with E-state index in [9.17, 15) is 8.78 Å². The average Bonchev–Trinajstić information content (AvgIpc) is 2.49. The highest BCUT2D eigenvalue weighted by atomic mass is 19.2. The van der Waals surface area contributed by atoms with Crippen LogP contribution in [0, 0.1) is 17.6 Å². The number of nitrogens with zero attached hydrogens (tertiary/aromatic N) is 1. The van der Waals surface area contributed by atoms with Crippen LogP contribution in [0.15, 0.2) is 12.1 Å². The third kappa shape index (κ3) is 2.95. The summed E-state index contributed by atoms with van der Waals surface area (Å²) in [6.45, 7) is 2.24. The summed E-state index contributed by atoms with van der Waals surface area (Å²) in [5.41, 5.74) is 5.98. The first-order valence-corrected chi connectivity index (χ1v) is 7.48. The molecule has 112 valence electrons. The molecule has 0 unspecified atom stereocenters. The van der Waals surface area contributed by atoms with Crippen LogP contribution in [0.5, 0.6) is 0 Å². The maximum Gasteiger partial charge on any atom is 0.182 e. The largest absolute Gasteiger partial charge is 0.369 e. The number of hydrogen-bond donors (Lipinski definition) is 1. The lowest BCUT2D eigenvalue weighted by Gasteiger charge is -2.36. The zero-order chi connectivity index (χ0) is 14.7. The molecule has 0 amide bonds. The van der Waals surface area contributed by atoms with E-state index < -0.39 is 11.6 Å². The molecule has 1 aliphatic carbocycles. The van der Waals surface area contributed by atoms with Crippen molar-refractivity contribution in [1.29, 1.82) is 0 Å². The summed E-state index contributed by atoms with van der Waals surface area (Å²) < 4.78 is 28.0. The molecule has 20 heavy (non-hydrogen) atoms. The van der Waals surface area contributed by atoms with Gasteiger partial charge < -0.3 is 10.6 Å². The second-order valence-electron chi connectivity index (χ2n) is 5.77. The van der Waals surface area contributed by atoms with Crippen LogP contribution in [-0.2, 0) is 6.54 Å². The molecule has 2 nitrogen and oxygen atoms in total. The van der Waals surface area contributed by atoms with E-state index in [4.69, 9.17) is 5.73 Å². The molecule has 0 saturated heterocycles. The molecule has 0 radical (unpaired) electrons. The fraction of sp³-hybridized carbons (Fsp3) is 0.625. The van der Waals surface area contributed by atoms with Crippen molar-refractivity contribution < 1.29 is 8.78 Å². The third-order valence-corrected chi connectivity index (χ3v) is 4.68. The summed E-state index contributed by atoms with van der Waals surface area (Å²) in [4.78, 5) is 1.89. The van der Waals surface area contributed by atoms with E-state index in [1.165, 1.54) is 19.3 Å². The summed E-state index contributed by atoms with van der Waals surface area (Å²) in [7, 11) is 1.86. The highest BCUT2D eigenvalue weighted by Gasteiger charge is 2.25. The molecule has 0 aliphatic heterocycles. The van der Waals surface area contributed by atoms with Gasteiger partial charge in [0.25, 0.3) is 0 Å². The zero-order valence-electron chi connectivity index (χ0n) is 12.3. The number of anilines is 1. The van der Waals surface area contributed by atoms with E-state index in [1.807, 2.05) is 11.9 Å². The van der Waals surface area contributed by atoms with Crippen molar-refractivity contribution >= 4 is 5.69 Å². The third-order valence-electron chi connectivity index (χ3n) is 4.68. The number of benzene rings is 1. The second-order valence-corrected chi connectivity index (χ2v) is 5.77. The maximum atomic E-state index is 14.1. The highest BCUT2D eigenvalue weighted by Crippen LogP contribution is 2.33. The molecule has 2 rings (SSSR count). The summed E-state index contributed by atoms with van der Waals surface area (Å²) in [6, 6.07) is 3.53. The highest BCUT2D eigenvalue weighted by molar-refractivity contribution is 5.50. The minimum absolute atomic E-state index is 0.0222. The lowest BCUT2D eigenvalue weighted by molar-refractivity contribution is 0.312. The van der Waals surface area contributed by atoms with Gasteiger partial charge in [0.05, 0.1) is 5.69 Å². The molecular formula is C16H24F2N2. The summed E-state index contributed by atoms with van der Waals surface area (Å²) in [5.74, 6) is -0.784. The predicted molar refractivity (Wildman–Crippen MR) is 78.7 cm³/mol. The number of nitrogens with two attached hydrogens (primary N) is 1. The van der Waals surface area contributed by atoms with Crippen molar-refractivity contribution in [2.24, 2.45) is 11.7 Å². The van der Waals surface area contributed by atoms with E-state index >= 15 is 0 Å². The molecule has 0 atom stereocenters. The smallest absolute Gasteiger partial charge is 0.182 e. The van der Waals surface area contributed by atoms with E-state index in [1.54, 1.807) is 12.1 Å². The van der Waals surface area contributed by atoms with Crippen molar-refractivity contribution in [2.45, 2.75) is 51.6 Å². The lowest BCUT2D eigenvalue weighted by atomic mass is 9.84. The van der Waals surface area contributed by atoms with Gasteiger partial charge >= 0.3 is 0 Å². The van der Waals surface area contributed by atoms with Crippen LogP contribution in [0.1, 0.15) is 44.6 Å². The SMILES string of the molecule is CCC1CCC(N(C)c2ccc(CN)c(F)c2F)CC1. The molecule has 1 saturated carbocycles. The first-order chi connectivity index (χ1) is 9.58. The van der Waals surface area contributed by atoms with E-state index in [-0.39, 0.29) is 12.1 Å². The Morgan fingerprint density at radius 2 is 1.80 bits per heavy atom. The Morgan fingerprint density at radius 1 is 1.15 bits per heavy atom. The quantitative estimate of drug-likeness (QED) is 0.909. The molecule has 2 N–H and O–H groups in total. The molecule has 0 bridgehead atoms. The summed E-state index contributed by atoms with van der Waals surface area (Å²) >= 11 is 0. The first kappa shape index (κ1) is 15.2. The molecule has 1 fully saturated rings. The Balaban J connectivity index is 2.14. The van der Waals surface area contributed by atoms with Gasteiger partial charge in [-0.3, -0.25) is 0 Å². The van der Waals surface area contributed by atoms with Crippen molar-refractivity contribution in [3.05, 3.63) is 29.3 Å². The van der Waals surface area contributed by atoms with E-state index in [0.29, 0.717) is 11.7 Å². The Kier molecular flexibility index (Phi) is 4.97. The number of rotatable bonds is 4. The van der Waals surface area contributed by atoms with Crippen molar-refractivity contribution in [1.82, 2.24) is 0 Å². The van der Waals surface area contributed by atoms with Gasteiger partial charge in [-0.2, -0.15) is 0 Å². The Hall–Kier alpha value is -1.16. The molecule has 1 aromatic carbocycles. The molecule has 4 heteroatoms. The Labute approximate surface area is 120 Å². The molecule has 1 aromatic rings. The van der Waals surface area contributed by atoms with Gasteiger partial charge in [0, 0.05) is 25.2 Å². The standard InChI is InChI=1S/C16H24F2N2/c1-3-11-4-7-13(8-5-11)20(2)14-9-6-12(10-19)15(17)16(14)18/h6,9,11,13H,3-5,7-8,10,19H2,1-2H3.